The van der Waals surface area contributed by atoms with E-state index in [4.69, 9.17) is 0 Å². The molecule has 0 rings (SSSR count). The van der Waals surface area contributed by atoms with E-state index < -0.39 is 16.0 Å². The van der Waals surface area contributed by atoms with Crippen LogP contribution in [0, 0.1) is 0 Å². The summed E-state index contributed by atoms with van der Waals surface area (Å²) in [6.07, 6.45) is 1.16. The Morgan fingerprint density at radius 3 is 2.33 bits per heavy atom. The first-order chi connectivity index (χ1) is 4.92. The van der Waals surface area contributed by atoms with Gasteiger partial charge in [-0.05, 0) is 12.8 Å². The second-order valence-corrected chi connectivity index (χ2v) is 3.98. The minimum absolute atomic E-state index is 0. The first-order valence-corrected chi connectivity index (χ1v) is 4.95. The summed E-state index contributed by atoms with van der Waals surface area (Å²) in [5.41, 5.74) is 0. The maximum atomic E-state index is 10.4. The van der Waals surface area contributed by atoms with Gasteiger partial charge < -0.3 is 9.90 Å². The van der Waals surface area contributed by atoms with Crippen molar-refractivity contribution in [2.45, 2.75) is 12.8 Å². The van der Waals surface area contributed by atoms with Gasteiger partial charge in [0.2, 0.25) is 10.0 Å². The van der Waals surface area contributed by atoms with Crippen LogP contribution < -0.4 is 61.2 Å². The molecule has 12 heavy (non-hydrogen) atoms. The molecule has 0 saturated heterocycles. The Morgan fingerprint density at radius 1 is 1.50 bits per heavy atom. The number of carbonyl (C=O) groups is 1. The van der Waals surface area contributed by atoms with E-state index in [-0.39, 0.29) is 70.8 Å². The SMILES string of the molecule is CS(=O)(=O)NCCCC(=O)[O-].[K+]. The van der Waals surface area contributed by atoms with Crippen molar-refractivity contribution in [1.82, 2.24) is 4.72 Å². The van der Waals surface area contributed by atoms with Gasteiger partial charge in [0.05, 0.1) is 6.26 Å². The van der Waals surface area contributed by atoms with Crippen LogP contribution in [0.15, 0.2) is 0 Å². The molecule has 0 aromatic carbocycles. The number of rotatable bonds is 5. The number of hydrogen-bond donors (Lipinski definition) is 1. The third-order valence-electron chi connectivity index (χ3n) is 0.922. The van der Waals surface area contributed by atoms with E-state index in [1.165, 1.54) is 0 Å². The van der Waals surface area contributed by atoms with Gasteiger partial charge in [0.25, 0.3) is 0 Å². The van der Waals surface area contributed by atoms with Crippen molar-refractivity contribution in [3.63, 3.8) is 0 Å². The minimum Gasteiger partial charge on any atom is -0.550 e. The van der Waals surface area contributed by atoms with Crippen molar-refractivity contribution in [2.24, 2.45) is 0 Å². The Morgan fingerprint density at radius 2 is 2.00 bits per heavy atom. The second kappa shape index (κ2) is 7.42. The van der Waals surface area contributed by atoms with E-state index >= 15 is 0 Å². The van der Waals surface area contributed by atoms with Crippen LogP contribution in [0.5, 0.6) is 0 Å². The fourth-order valence-corrected chi connectivity index (χ4v) is 1.01. The maximum absolute atomic E-state index is 10.4. The van der Waals surface area contributed by atoms with Gasteiger partial charge in [-0.3, -0.25) is 0 Å². The van der Waals surface area contributed by atoms with E-state index in [2.05, 4.69) is 4.72 Å². The molecule has 0 aromatic rings. The van der Waals surface area contributed by atoms with Gasteiger partial charge in [-0.1, -0.05) is 0 Å². The summed E-state index contributed by atoms with van der Waals surface area (Å²) in [5.74, 6) is -1.17. The molecule has 0 unspecified atom stereocenters. The summed E-state index contributed by atoms with van der Waals surface area (Å²) in [4.78, 5) is 9.84. The molecule has 0 spiro atoms. The van der Waals surface area contributed by atoms with Gasteiger partial charge in [0.15, 0.2) is 0 Å². The molecule has 5 nitrogen and oxygen atoms in total. The van der Waals surface area contributed by atoms with E-state index in [9.17, 15) is 18.3 Å². The van der Waals surface area contributed by atoms with Gasteiger partial charge in [0.1, 0.15) is 0 Å². The smallest absolute Gasteiger partial charge is 0.550 e. The average Bonchev–Trinajstić information content (AvgIpc) is 1.78. The van der Waals surface area contributed by atoms with Crippen molar-refractivity contribution < 1.29 is 69.7 Å². The minimum atomic E-state index is -3.19. The molecule has 0 saturated carbocycles. The Hall–Kier alpha value is 1.02. The summed E-state index contributed by atoms with van der Waals surface area (Å²) in [5, 5.41) is 9.84. The van der Waals surface area contributed by atoms with Gasteiger partial charge in [-0.15, -0.1) is 0 Å². The number of carbonyl (C=O) groups excluding carboxylic acids is 1. The monoisotopic (exact) mass is 219 g/mol. The molecule has 0 aliphatic carbocycles. The van der Waals surface area contributed by atoms with Gasteiger partial charge >= 0.3 is 51.4 Å². The fraction of sp³-hybridized carbons (Fsp3) is 0.800. The Balaban J connectivity index is 0. The largest absolute Gasteiger partial charge is 1.00 e. The number of carboxylic acids is 1. The average molecular weight is 219 g/mol. The van der Waals surface area contributed by atoms with Crippen LogP contribution in [0.25, 0.3) is 0 Å². The summed E-state index contributed by atoms with van der Waals surface area (Å²) < 4.78 is 23.0. The molecule has 0 amide bonds. The van der Waals surface area contributed by atoms with Crippen molar-refractivity contribution in [1.29, 1.82) is 0 Å². The predicted octanol–water partition coefficient (Wildman–Crippen LogP) is -4.93. The zero-order valence-corrected chi connectivity index (χ0v) is 11.1. The molecule has 7 heteroatoms. The molecule has 0 bridgehead atoms. The van der Waals surface area contributed by atoms with Crippen LogP contribution >= 0.6 is 0 Å². The van der Waals surface area contributed by atoms with E-state index in [0.717, 1.165) is 6.26 Å². The van der Waals surface area contributed by atoms with Gasteiger partial charge in [-0.25, -0.2) is 13.1 Å². The maximum Gasteiger partial charge on any atom is 1.00 e. The number of hydrogen-bond acceptors (Lipinski definition) is 4. The quantitative estimate of drug-likeness (QED) is 0.371. The normalized spacial score (nSPS) is 10.4. The van der Waals surface area contributed by atoms with E-state index in [0.29, 0.717) is 0 Å². The number of nitrogens with one attached hydrogen (secondary N) is 1. The molecule has 66 valence electrons. The van der Waals surface area contributed by atoms with Gasteiger partial charge in [-0.2, -0.15) is 0 Å². The Bertz CT molecular complexity index is 226. The van der Waals surface area contributed by atoms with Gasteiger partial charge in [0, 0.05) is 12.5 Å². The van der Waals surface area contributed by atoms with Crippen molar-refractivity contribution in [2.75, 3.05) is 12.8 Å². The Labute approximate surface area is 114 Å². The molecular formula is C5H10KNO4S. The van der Waals surface area contributed by atoms with Crippen LogP contribution in [-0.4, -0.2) is 27.2 Å². The molecule has 0 aliphatic rings. The molecule has 0 atom stereocenters. The van der Waals surface area contributed by atoms with Crippen molar-refractivity contribution >= 4 is 16.0 Å². The third kappa shape index (κ3) is 13.6. The van der Waals surface area contributed by atoms with Crippen LogP contribution in [-0.2, 0) is 14.8 Å². The summed E-state index contributed by atoms with van der Waals surface area (Å²) in [6, 6.07) is 0. The first-order valence-electron chi connectivity index (χ1n) is 3.06. The van der Waals surface area contributed by atoms with Crippen molar-refractivity contribution in [3.05, 3.63) is 0 Å². The number of carboxylic acid groups (broad SMARTS) is 1. The van der Waals surface area contributed by atoms with Crippen LogP contribution in [0.1, 0.15) is 12.8 Å². The predicted molar refractivity (Wildman–Crippen MR) is 37.1 cm³/mol. The zero-order valence-electron chi connectivity index (χ0n) is 7.16. The molecule has 0 aromatic heterocycles. The van der Waals surface area contributed by atoms with Crippen LogP contribution in [0.4, 0.5) is 0 Å². The van der Waals surface area contributed by atoms with E-state index in [1.807, 2.05) is 0 Å². The Kier molecular flexibility index (Phi) is 9.58. The molecular weight excluding hydrogens is 209 g/mol. The number of sulfonamides is 1. The summed E-state index contributed by atoms with van der Waals surface area (Å²) in [6.45, 7) is 0.146. The molecule has 0 heterocycles. The molecule has 0 aliphatic heterocycles. The van der Waals surface area contributed by atoms with Crippen LogP contribution in [0.3, 0.4) is 0 Å². The second-order valence-electron chi connectivity index (χ2n) is 2.14. The standard InChI is InChI=1S/C5H11NO4S.K/c1-11(9,10)6-4-2-3-5(7)8;/h6H,2-4H2,1H3,(H,7,8);/q;+1/p-1. The molecule has 1 N–H and O–H groups in total. The van der Waals surface area contributed by atoms with Crippen molar-refractivity contribution in [3.8, 4) is 0 Å². The third-order valence-corrected chi connectivity index (χ3v) is 1.65. The number of aliphatic carboxylic acids is 1. The first kappa shape index (κ1) is 15.5. The molecule has 0 fully saturated rings. The van der Waals surface area contributed by atoms with Crippen LogP contribution in [0.2, 0.25) is 0 Å². The van der Waals surface area contributed by atoms with E-state index in [1.54, 1.807) is 0 Å². The summed E-state index contributed by atoms with van der Waals surface area (Å²) >= 11 is 0. The zero-order chi connectivity index (χ0) is 8.91. The molecule has 0 radical (unpaired) electrons. The summed E-state index contributed by atoms with van der Waals surface area (Å²) in [7, 11) is -3.19. The topological polar surface area (TPSA) is 86.3 Å². The fourth-order valence-electron chi connectivity index (χ4n) is 0.490.